The Labute approximate surface area is 75.0 Å². The van der Waals surface area contributed by atoms with Gasteiger partial charge in [-0.15, -0.1) is 0 Å². The summed E-state index contributed by atoms with van der Waals surface area (Å²) in [7, 11) is 0. The Bertz CT molecular complexity index is 338. The molecule has 1 aromatic carbocycles. The van der Waals surface area contributed by atoms with Gasteiger partial charge in [-0.05, 0) is 30.2 Å². The van der Waals surface area contributed by atoms with Gasteiger partial charge < -0.3 is 10.8 Å². The van der Waals surface area contributed by atoms with E-state index in [-0.39, 0.29) is 5.82 Å². The molecule has 0 amide bonds. The lowest BCUT2D eigenvalue weighted by Gasteiger charge is -2.09. The summed E-state index contributed by atoms with van der Waals surface area (Å²) in [6, 6.07) is 2.77. The second-order valence-corrected chi connectivity index (χ2v) is 2.82. The Morgan fingerprint density at radius 3 is 2.69 bits per heavy atom. The smallest absolute Gasteiger partial charge is 0.325 e. The lowest BCUT2D eigenvalue weighted by molar-refractivity contribution is -0.138. The zero-order chi connectivity index (χ0) is 10.0. The molecule has 1 aromatic rings. The van der Waals surface area contributed by atoms with Crippen molar-refractivity contribution in [2.24, 2.45) is 5.73 Å². The van der Waals surface area contributed by atoms with Crippen LogP contribution in [0.4, 0.5) is 4.39 Å². The van der Waals surface area contributed by atoms with Crippen LogP contribution in [0.3, 0.4) is 0 Å². The van der Waals surface area contributed by atoms with E-state index < -0.39 is 12.0 Å². The van der Waals surface area contributed by atoms with E-state index in [9.17, 15) is 9.18 Å². The summed E-state index contributed by atoms with van der Waals surface area (Å²) in [6.07, 6.45) is 0. The topological polar surface area (TPSA) is 63.3 Å². The van der Waals surface area contributed by atoms with Crippen LogP contribution in [-0.4, -0.2) is 11.1 Å². The number of nitrogens with two attached hydrogens (primary N) is 1. The minimum Gasteiger partial charge on any atom is -0.480 e. The van der Waals surface area contributed by atoms with Crippen molar-refractivity contribution in [2.75, 3.05) is 0 Å². The first-order valence-corrected chi connectivity index (χ1v) is 3.77. The third-order valence-electron chi connectivity index (χ3n) is 1.83. The van der Waals surface area contributed by atoms with Gasteiger partial charge in [-0.3, -0.25) is 4.79 Å². The minimum absolute atomic E-state index is 0.390. The van der Waals surface area contributed by atoms with Gasteiger partial charge in [0.15, 0.2) is 0 Å². The maximum atomic E-state index is 12.6. The van der Waals surface area contributed by atoms with Crippen molar-refractivity contribution < 1.29 is 14.3 Å². The van der Waals surface area contributed by atoms with Crippen molar-refractivity contribution in [1.82, 2.24) is 0 Å². The molecule has 13 heavy (non-hydrogen) atoms. The second kappa shape index (κ2) is 3.53. The van der Waals surface area contributed by atoms with Gasteiger partial charge in [-0.2, -0.15) is 0 Å². The van der Waals surface area contributed by atoms with Crippen LogP contribution in [0.25, 0.3) is 0 Å². The summed E-state index contributed by atoms with van der Waals surface area (Å²) in [5.41, 5.74) is 6.36. The molecule has 0 saturated heterocycles. The van der Waals surface area contributed by atoms with Crippen molar-refractivity contribution >= 4 is 5.97 Å². The molecule has 0 bridgehead atoms. The van der Waals surface area contributed by atoms with Crippen LogP contribution in [0, 0.1) is 12.7 Å². The van der Waals surface area contributed by atoms with Crippen molar-refractivity contribution in [2.45, 2.75) is 13.0 Å². The van der Waals surface area contributed by atoms with E-state index in [0.717, 1.165) is 0 Å². The predicted molar refractivity (Wildman–Crippen MR) is 45.7 cm³/mol. The van der Waals surface area contributed by atoms with Gasteiger partial charge in [-0.25, -0.2) is 4.39 Å². The second-order valence-electron chi connectivity index (χ2n) is 2.82. The predicted octanol–water partition coefficient (Wildman–Crippen LogP) is 1.22. The molecule has 1 rings (SSSR count). The number of aryl methyl sites for hydroxylation is 1. The van der Waals surface area contributed by atoms with E-state index in [2.05, 4.69) is 0 Å². The molecule has 3 N–H and O–H groups in total. The first-order chi connectivity index (χ1) is 6.02. The first kappa shape index (κ1) is 9.67. The van der Waals surface area contributed by atoms with Crippen molar-refractivity contribution in [3.8, 4) is 0 Å². The minimum atomic E-state index is -1.12. The molecular weight excluding hydrogens is 173 g/mol. The highest BCUT2D eigenvalue weighted by Crippen LogP contribution is 2.16. The monoisotopic (exact) mass is 183 g/mol. The molecule has 70 valence electrons. The van der Waals surface area contributed by atoms with Gasteiger partial charge in [0.2, 0.25) is 0 Å². The Morgan fingerprint density at radius 1 is 1.62 bits per heavy atom. The lowest BCUT2D eigenvalue weighted by Crippen LogP contribution is -2.21. The third-order valence-corrected chi connectivity index (χ3v) is 1.83. The van der Waals surface area contributed by atoms with Gasteiger partial charge in [0.05, 0.1) is 0 Å². The number of carbonyl (C=O) groups is 1. The summed E-state index contributed by atoms with van der Waals surface area (Å²) < 4.78 is 12.6. The van der Waals surface area contributed by atoms with E-state index in [1.54, 1.807) is 6.92 Å². The number of halogens is 1. The van der Waals surface area contributed by atoms with Crippen LogP contribution < -0.4 is 5.73 Å². The quantitative estimate of drug-likeness (QED) is 0.724. The molecule has 0 aliphatic rings. The molecule has 0 spiro atoms. The van der Waals surface area contributed by atoms with E-state index in [1.165, 1.54) is 18.2 Å². The molecule has 0 heterocycles. The molecule has 0 aliphatic carbocycles. The molecule has 0 saturated carbocycles. The van der Waals surface area contributed by atoms with E-state index >= 15 is 0 Å². The zero-order valence-corrected chi connectivity index (χ0v) is 7.12. The SMILES string of the molecule is Cc1cc(F)ccc1C(N)C(=O)O. The highest BCUT2D eigenvalue weighted by atomic mass is 19.1. The zero-order valence-electron chi connectivity index (χ0n) is 7.12. The van der Waals surface area contributed by atoms with Crippen LogP contribution in [0.1, 0.15) is 17.2 Å². The fourth-order valence-electron chi connectivity index (χ4n) is 1.12. The first-order valence-electron chi connectivity index (χ1n) is 3.77. The Balaban J connectivity index is 3.08. The molecule has 4 heteroatoms. The fourth-order valence-corrected chi connectivity index (χ4v) is 1.12. The Morgan fingerprint density at radius 2 is 2.23 bits per heavy atom. The normalized spacial score (nSPS) is 12.5. The maximum Gasteiger partial charge on any atom is 0.325 e. The van der Waals surface area contributed by atoms with Gasteiger partial charge in [0.1, 0.15) is 11.9 Å². The van der Waals surface area contributed by atoms with E-state index in [1.807, 2.05) is 0 Å². The van der Waals surface area contributed by atoms with Crippen molar-refractivity contribution in [3.63, 3.8) is 0 Å². The summed E-state index contributed by atoms with van der Waals surface area (Å²) >= 11 is 0. The summed E-state index contributed by atoms with van der Waals surface area (Å²) in [5, 5.41) is 8.61. The summed E-state index contributed by atoms with van der Waals surface area (Å²) in [4.78, 5) is 10.5. The van der Waals surface area contributed by atoms with Crippen LogP contribution in [0.2, 0.25) is 0 Å². The Hall–Kier alpha value is -1.42. The van der Waals surface area contributed by atoms with Crippen molar-refractivity contribution in [1.29, 1.82) is 0 Å². The highest BCUT2D eigenvalue weighted by molar-refractivity contribution is 5.75. The number of hydrogen-bond donors (Lipinski definition) is 2. The molecule has 0 radical (unpaired) electrons. The Kier molecular flexibility index (Phi) is 2.63. The van der Waals surface area contributed by atoms with Crippen LogP contribution in [0.5, 0.6) is 0 Å². The molecule has 3 nitrogen and oxygen atoms in total. The number of carboxylic acid groups (broad SMARTS) is 1. The number of aliphatic carboxylic acids is 1. The molecule has 0 aromatic heterocycles. The maximum absolute atomic E-state index is 12.6. The number of rotatable bonds is 2. The van der Waals surface area contributed by atoms with E-state index in [0.29, 0.717) is 11.1 Å². The van der Waals surface area contributed by atoms with Crippen molar-refractivity contribution in [3.05, 3.63) is 35.1 Å². The third kappa shape index (κ3) is 2.03. The summed E-state index contributed by atoms with van der Waals surface area (Å²) in [6.45, 7) is 1.63. The number of benzene rings is 1. The average molecular weight is 183 g/mol. The molecule has 0 aliphatic heterocycles. The van der Waals surface area contributed by atoms with Gasteiger partial charge in [0.25, 0.3) is 0 Å². The highest BCUT2D eigenvalue weighted by Gasteiger charge is 2.16. The van der Waals surface area contributed by atoms with Gasteiger partial charge in [0, 0.05) is 0 Å². The van der Waals surface area contributed by atoms with Crippen LogP contribution in [-0.2, 0) is 4.79 Å². The number of hydrogen-bond acceptors (Lipinski definition) is 2. The number of carboxylic acids is 1. The van der Waals surface area contributed by atoms with Crippen LogP contribution in [0.15, 0.2) is 18.2 Å². The molecule has 1 unspecified atom stereocenters. The molecule has 1 atom stereocenters. The standard InChI is InChI=1S/C9H10FNO2/c1-5-4-6(10)2-3-7(5)8(11)9(12)13/h2-4,8H,11H2,1H3,(H,12,13). The average Bonchev–Trinajstić information content (AvgIpc) is 2.03. The molecular formula is C9H10FNO2. The van der Waals surface area contributed by atoms with Gasteiger partial charge in [-0.1, -0.05) is 6.07 Å². The largest absolute Gasteiger partial charge is 0.480 e. The van der Waals surface area contributed by atoms with Gasteiger partial charge >= 0.3 is 5.97 Å². The van der Waals surface area contributed by atoms with E-state index in [4.69, 9.17) is 10.8 Å². The molecule has 0 fully saturated rings. The van der Waals surface area contributed by atoms with Crippen LogP contribution >= 0.6 is 0 Å². The summed E-state index contributed by atoms with van der Waals surface area (Å²) in [5.74, 6) is -1.51. The lowest BCUT2D eigenvalue weighted by atomic mass is 10.0. The fraction of sp³-hybridized carbons (Fsp3) is 0.222.